The van der Waals surface area contributed by atoms with Gasteiger partial charge in [-0.25, -0.2) is 4.52 Å². The lowest BCUT2D eigenvalue weighted by Crippen LogP contribution is -2.19. The predicted octanol–water partition coefficient (Wildman–Crippen LogP) is 3.76. The topological polar surface area (TPSA) is 61.4 Å². The van der Waals surface area contributed by atoms with Crippen LogP contribution in [-0.4, -0.2) is 32.4 Å². The zero-order valence-electron chi connectivity index (χ0n) is 17.0. The Labute approximate surface area is 168 Å². The maximum Gasteiger partial charge on any atom is 0.261 e. The van der Waals surface area contributed by atoms with Gasteiger partial charge < -0.3 is 4.74 Å². The van der Waals surface area contributed by atoms with E-state index in [0.717, 1.165) is 65.4 Å². The van der Waals surface area contributed by atoms with Crippen molar-refractivity contribution in [2.45, 2.75) is 32.6 Å². The summed E-state index contributed by atoms with van der Waals surface area (Å²) >= 11 is 0. The van der Waals surface area contributed by atoms with Gasteiger partial charge in [0.05, 0.1) is 16.6 Å². The molecule has 1 fully saturated rings. The van der Waals surface area contributed by atoms with Crippen LogP contribution in [0, 0.1) is 13.8 Å². The summed E-state index contributed by atoms with van der Waals surface area (Å²) in [6.07, 6.45) is 1.94. The molecule has 1 aromatic carbocycles. The molecule has 148 valence electrons. The fourth-order valence-corrected chi connectivity index (χ4v) is 4.35. The van der Waals surface area contributed by atoms with Crippen LogP contribution in [0.1, 0.15) is 35.8 Å². The van der Waals surface area contributed by atoms with E-state index in [9.17, 15) is 4.79 Å². The summed E-state index contributed by atoms with van der Waals surface area (Å²) in [4.78, 5) is 17.4. The number of benzene rings is 1. The van der Waals surface area contributed by atoms with E-state index < -0.39 is 0 Å². The average Bonchev–Trinajstić information content (AvgIpc) is 3.17. The molecule has 3 aromatic heterocycles. The molecule has 1 aliphatic heterocycles. The van der Waals surface area contributed by atoms with Crippen molar-refractivity contribution in [3.05, 3.63) is 63.8 Å². The summed E-state index contributed by atoms with van der Waals surface area (Å²) < 4.78 is 9.11. The molecule has 0 bridgehead atoms. The Bertz CT molecular complexity index is 1280. The van der Waals surface area contributed by atoms with Gasteiger partial charge in [-0.2, -0.15) is 5.10 Å². The molecule has 5 rings (SSSR count). The normalized spacial score (nSPS) is 15.4. The van der Waals surface area contributed by atoms with Crippen molar-refractivity contribution in [2.75, 3.05) is 13.2 Å². The third-order valence-electron chi connectivity index (χ3n) is 5.87. The molecule has 0 spiro atoms. The minimum Gasteiger partial charge on any atom is -0.381 e. The van der Waals surface area contributed by atoms with Crippen molar-refractivity contribution in [3.8, 4) is 11.1 Å². The van der Waals surface area contributed by atoms with Gasteiger partial charge in [0.25, 0.3) is 5.56 Å². The number of aromatic nitrogens is 4. The summed E-state index contributed by atoms with van der Waals surface area (Å²) in [6, 6.07) is 12.2. The molecule has 0 unspecified atom stereocenters. The molecular weight excluding hydrogens is 364 g/mol. The first-order chi connectivity index (χ1) is 14.0. The molecule has 0 amide bonds. The second-order valence-corrected chi connectivity index (χ2v) is 7.96. The van der Waals surface area contributed by atoms with Gasteiger partial charge in [0, 0.05) is 43.6 Å². The zero-order valence-corrected chi connectivity index (χ0v) is 17.0. The number of fused-ring (bicyclic) bond motifs is 3. The maximum absolute atomic E-state index is 13.0. The van der Waals surface area contributed by atoms with Gasteiger partial charge in [-0.1, -0.05) is 6.07 Å². The van der Waals surface area contributed by atoms with E-state index >= 15 is 0 Å². The van der Waals surface area contributed by atoms with Gasteiger partial charge in [-0.15, -0.1) is 0 Å². The van der Waals surface area contributed by atoms with Crippen LogP contribution in [0.25, 0.3) is 27.7 Å². The first-order valence-electron chi connectivity index (χ1n) is 10.1. The van der Waals surface area contributed by atoms with Crippen molar-refractivity contribution in [1.29, 1.82) is 0 Å². The second-order valence-electron chi connectivity index (χ2n) is 7.96. The second kappa shape index (κ2) is 6.81. The van der Waals surface area contributed by atoms with E-state index in [1.807, 2.05) is 37.5 Å². The number of pyridine rings is 1. The van der Waals surface area contributed by atoms with Gasteiger partial charge in [0.2, 0.25) is 0 Å². The Morgan fingerprint density at radius 2 is 1.72 bits per heavy atom. The van der Waals surface area contributed by atoms with Crippen LogP contribution in [0.5, 0.6) is 0 Å². The van der Waals surface area contributed by atoms with Gasteiger partial charge >= 0.3 is 0 Å². The molecule has 0 saturated carbocycles. The SMILES string of the molecule is Cc1cc(-c2ccc3c(=O)n(C)c4cc(C5CCOCC5)nn4c3c2)cc(C)n1. The molecule has 0 N–H and O–H groups in total. The summed E-state index contributed by atoms with van der Waals surface area (Å²) in [5, 5.41) is 5.60. The summed E-state index contributed by atoms with van der Waals surface area (Å²) in [7, 11) is 1.82. The van der Waals surface area contributed by atoms with Crippen LogP contribution in [-0.2, 0) is 11.8 Å². The molecule has 6 nitrogen and oxygen atoms in total. The fourth-order valence-electron chi connectivity index (χ4n) is 4.35. The quantitative estimate of drug-likeness (QED) is 0.525. The van der Waals surface area contributed by atoms with Crippen molar-refractivity contribution < 1.29 is 4.74 Å². The van der Waals surface area contributed by atoms with E-state index in [-0.39, 0.29) is 5.56 Å². The summed E-state index contributed by atoms with van der Waals surface area (Å²) in [6.45, 7) is 5.53. The number of hydrogen-bond acceptors (Lipinski definition) is 4. The van der Waals surface area contributed by atoms with Gasteiger partial charge in [-0.3, -0.25) is 14.3 Å². The fraction of sp³-hybridized carbons (Fsp3) is 0.348. The van der Waals surface area contributed by atoms with Crippen LogP contribution in [0.15, 0.2) is 41.2 Å². The number of hydrogen-bond donors (Lipinski definition) is 0. The molecule has 6 heteroatoms. The third kappa shape index (κ3) is 3.04. The Balaban J connectivity index is 1.75. The lowest BCUT2D eigenvalue weighted by Gasteiger charge is -2.19. The third-order valence-corrected chi connectivity index (χ3v) is 5.87. The van der Waals surface area contributed by atoms with Crippen LogP contribution in [0.2, 0.25) is 0 Å². The van der Waals surface area contributed by atoms with Gasteiger partial charge in [0.1, 0.15) is 5.65 Å². The van der Waals surface area contributed by atoms with Crippen molar-refractivity contribution in [1.82, 2.24) is 19.2 Å². The van der Waals surface area contributed by atoms with E-state index in [1.54, 1.807) is 4.57 Å². The number of aryl methyl sites for hydroxylation is 3. The monoisotopic (exact) mass is 388 g/mol. The van der Waals surface area contributed by atoms with E-state index in [2.05, 4.69) is 29.2 Å². The maximum atomic E-state index is 13.0. The number of rotatable bonds is 2. The highest BCUT2D eigenvalue weighted by atomic mass is 16.5. The lowest BCUT2D eigenvalue weighted by molar-refractivity contribution is 0.0844. The van der Waals surface area contributed by atoms with Crippen molar-refractivity contribution in [2.24, 2.45) is 7.05 Å². The Morgan fingerprint density at radius 3 is 2.45 bits per heavy atom. The van der Waals surface area contributed by atoms with Crippen LogP contribution in [0.4, 0.5) is 0 Å². The number of nitrogens with zero attached hydrogens (tertiary/aromatic N) is 4. The van der Waals surface area contributed by atoms with E-state index in [0.29, 0.717) is 11.3 Å². The molecule has 1 aliphatic rings. The first kappa shape index (κ1) is 18.1. The predicted molar refractivity (Wildman–Crippen MR) is 113 cm³/mol. The number of ether oxygens (including phenoxy) is 1. The Hall–Kier alpha value is -2.99. The highest BCUT2D eigenvalue weighted by Gasteiger charge is 2.21. The Morgan fingerprint density at radius 1 is 1.00 bits per heavy atom. The standard InChI is InChI=1S/C23H24N4O2/c1-14-10-18(11-15(2)24-14)17-4-5-19-21(12-17)27-22(26(3)23(19)28)13-20(25-27)16-6-8-29-9-7-16/h4-5,10-13,16H,6-9H2,1-3H3. The summed E-state index contributed by atoms with van der Waals surface area (Å²) in [5.74, 6) is 0.377. The molecule has 0 atom stereocenters. The lowest BCUT2D eigenvalue weighted by atomic mass is 9.97. The van der Waals surface area contributed by atoms with Crippen molar-refractivity contribution in [3.63, 3.8) is 0 Å². The zero-order chi connectivity index (χ0) is 20.1. The van der Waals surface area contributed by atoms with Gasteiger partial charge in [0.15, 0.2) is 0 Å². The molecule has 1 saturated heterocycles. The van der Waals surface area contributed by atoms with Crippen LogP contribution >= 0.6 is 0 Å². The highest BCUT2D eigenvalue weighted by molar-refractivity contribution is 5.85. The largest absolute Gasteiger partial charge is 0.381 e. The highest BCUT2D eigenvalue weighted by Crippen LogP contribution is 2.29. The van der Waals surface area contributed by atoms with Crippen molar-refractivity contribution >= 4 is 16.6 Å². The Kier molecular flexibility index (Phi) is 4.24. The van der Waals surface area contributed by atoms with Crippen LogP contribution < -0.4 is 5.56 Å². The minimum atomic E-state index is -0.000401. The minimum absolute atomic E-state index is 0.000401. The first-order valence-corrected chi connectivity index (χ1v) is 10.1. The molecule has 29 heavy (non-hydrogen) atoms. The molecule has 4 aromatic rings. The average molecular weight is 388 g/mol. The molecule has 0 radical (unpaired) electrons. The summed E-state index contributed by atoms with van der Waals surface area (Å²) in [5.41, 5.74) is 6.82. The van der Waals surface area contributed by atoms with E-state index in [1.165, 1.54) is 0 Å². The van der Waals surface area contributed by atoms with Gasteiger partial charge in [-0.05, 0) is 62.1 Å². The molecule has 0 aliphatic carbocycles. The molecule has 4 heterocycles. The van der Waals surface area contributed by atoms with Crippen LogP contribution in [0.3, 0.4) is 0 Å². The smallest absolute Gasteiger partial charge is 0.261 e. The van der Waals surface area contributed by atoms with E-state index in [4.69, 9.17) is 9.84 Å². The molecular formula is C23H24N4O2.